The lowest BCUT2D eigenvalue weighted by Gasteiger charge is -2.31. The molecule has 2 aliphatic rings. The summed E-state index contributed by atoms with van der Waals surface area (Å²) in [5, 5.41) is 6.77. The SMILES string of the molecule is O=C(COc1nccnc1C(F)(F)F)N1CCC(c2nc(C3=NOC(c4[c]cccc4C(F)F)C3)cs2)CC1. The van der Waals surface area contributed by atoms with Crippen molar-refractivity contribution in [3.8, 4) is 5.88 Å². The number of benzene rings is 1. The van der Waals surface area contributed by atoms with E-state index in [-0.39, 0.29) is 23.5 Å². The van der Waals surface area contributed by atoms with E-state index in [9.17, 15) is 26.7 Å². The first kappa shape index (κ1) is 26.9. The van der Waals surface area contributed by atoms with E-state index >= 15 is 0 Å². The molecule has 1 aromatic carbocycles. The van der Waals surface area contributed by atoms with Crippen LogP contribution in [-0.4, -0.2) is 51.2 Å². The predicted molar refractivity (Wildman–Crippen MR) is 128 cm³/mol. The topological polar surface area (TPSA) is 89.8 Å². The van der Waals surface area contributed by atoms with Gasteiger partial charge in [0, 0.05) is 54.3 Å². The van der Waals surface area contributed by atoms with Crippen LogP contribution in [0.1, 0.15) is 65.2 Å². The zero-order valence-corrected chi connectivity index (χ0v) is 21.0. The third-order valence-electron chi connectivity index (χ3n) is 6.43. The van der Waals surface area contributed by atoms with Gasteiger partial charge in [-0.3, -0.25) is 4.79 Å². The molecule has 1 atom stereocenters. The molecule has 1 fully saturated rings. The van der Waals surface area contributed by atoms with Gasteiger partial charge in [-0.1, -0.05) is 23.4 Å². The lowest BCUT2D eigenvalue weighted by atomic mass is 9.97. The van der Waals surface area contributed by atoms with Gasteiger partial charge in [-0.05, 0) is 18.9 Å². The van der Waals surface area contributed by atoms with E-state index in [1.807, 2.05) is 5.38 Å². The Balaban J connectivity index is 1.14. The molecule has 5 rings (SSSR count). The van der Waals surface area contributed by atoms with Gasteiger partial charge in [0.15, 0.2) is 12.7 Å². The molecule has 4 heterocycles. The minimum atomic E-state index is -4.75. The molecule has 0 spiro atoms. The molecule has 8 nitrogen and oxygen atoms in total. The summed E-state index contributed by atoms with van der Waals surface area (Å²) in [7, 11) is 0. The molecule has 0 bridgehead atoms. The highest BCUT2D eigenvalue weighted by molar-refractivity contribution is 7.10. The number of aromatic nitrogens is 3. The van der Waals surface area contributed by atoms with Crippen molar-refractivity contribution in [1.29, 1.82) is 0 Å². The molecular formula is C25H21F5N5O3S. The molecule has 1 unspecified atom stereocenters. The first-order valence-corrected chi connectivity index (χ1v) is 12.8. The lowest BCUT2D eigenvalue weighted by molar-refractivity contribution is -0.144. The third-order valence-corrected chi connectivity index (χ3v) is 7.44. The number of nitrogens with zero attached hydrogens (tertiary/aromatic N) is 5. The number of piperidine rings is 1. The fourth-order valence-corrected chi connectivity index (χ4v) is 5.45. The van der Waals surface area contributed by atoms with Crippen molar-refractivity contribution in [2.75, 3.05) is 19.7 Å². The summed E-state index contributed by atoms with van der Waals surface area (Å²) < 4.78 is 70.9. The Hall–Kier alpha value is -3.68. The molecule has 39 heavy (non-hydrogen) atoms. The highest BCUT2D eigenvalue weighted by Gasteiger charge is 2.38. The van der Waals surface area contributed by atoms with E-state index in [0.29, 0.717) is 37.3 Å². The van der Waals surface area contributed by atoms with Crippen LogP contribution < -0.4 is 4.74 Å². The normalized spacial score (nSPS) is 18.3. The maximum absolute atomic E-state index is 13.4. The monoisotopic (exact) mass is 566 g/mol. The summed E-state index contributed by atoms with van der Waals surface area (Å²) in [6.45, 7) is 0.197. The number of halogens is 5. The van der Waals surface area contributed by atoms with Crippen molar-refractivity contribution in [2.45, 2.75) is 43.9 Å². The van der Waals surface area contributed by atoms with Gasteiger partial charge in [0.05, 0.1) is 10.7 Å². The Morgan fingerprint density at radius 1 is 1.23 bits per heavy atom. The quantitative estimate of drug-likeness (QED) is 0.359. The fourth-order valence-electron chi connectivity index (χ4n) is 4.45. The minimum absolute atomic E-state index is 0.0807. The van der Waals surface area contributed by atoms with Crippen molar-refractivity contribution < 1.29 is 36.3 Å². The highest BCUT2D eigenvalue weighted by Crippen LogP contribution is 2.37. The minimum Gasteiger partial charge on any atom is -0.466 e. The van der Waals surface area contributed by atoms with Crippen molar-refractivity contribution in [2.24, 2.45) is 5.16 Å². The van der Waals surface area contributed by atoms with Gasteiger partial charge < -0.3 is 14.5 Å². The van der Waals surface area contributed by atoms with Crippen LogP contribution in [0.4, 0.5) is 22.0 Å². The van der Waals surface area contributed by atoms with Gasteiger partial charge in [0.2, 0.25) is 11.6 Å². The van der Waals surface area contributed by atoms with E-state index in [4.69, 9.17) is 9.57 Å². The number of ether oxygens (including phenoxy) is 1. The number of carbonyl (C=O) groups is 1. The molecule has 1 amide bonds. The Kier molecular flexibility index (Phi) is 7.73. The van der Waals surface area contributed by atoms with Crippen LogP contribution in [0.25, 0.3) is 0 Å². The number of rotatable bonds is 7. The summed E-state index contributed by atoms with van der Waals surface area (Å²) in [4.78, 5) is 31.0. The lowest BCUT2D eigenvalue weighted by Crippen LogP contribution is -2.40. The maximum Gasteiger partial charge on any atom is 0.438 e. The second kappa shape index (κ2) is 11.2. The first-order valence-electron chi connectivity index (χ1n) is 12.0. The average Bonchev–Trinajstić information content (AvgIpc) is 3.62. The first-order chi connectivity index (χ1) is 18.7. The van der Waals surface area contributed by atoms with Crippen LogP contribution in [0, 0.1) is 6.07 Å². The van der Waals surface area contributed by atoms with Crippen molar-refractivity contribution in [1.82, 2.24) is 19.9 Å². The van der Waals surface area contributed by atoms with Crippen molar-refractivity contribution >= 4 is 23.0 Å². The fraction of sp³-hybridized carbons (Fsp3) is 0.400. The molecule has 2 aliphatic heterocycles. The van der Waals surface area contributed by atoms with Crippen molar-refractivity contribution in [3.05, 3.63) is 69.6 Å². The average molecular weight is 567 g/mol. The zero-order chi connectivity index (χ0) is 27.6. The molecule has 0 N–H and O–H groups in total. The number of hydrogen-bond acceptors (Lipinski definition) is 8. The zero-order valence-electron chi connectivity index (χ0n) is 20.2. The van der Waals surface area contributed by atoms with Gasteiger partial charge in [0.25, 0.3) is 12.3 Å². The maximum atomic E-state index is 13.4. The molecule has 2 aromatic heterocycles. The van der Waals surface area contributed by atoms with E-state index in [2.05, 4.69) is 26.2 Å². The summed E-state index contributed by atoms with van der Waals surface area (Å²) in [5.74, 6) is -1.10. The van der Waals surface area contributed by atoms with E-state index in [1.54, 1.807) is 6.07 Å². The number of oxime groups is 1. The Bertz CT molecular complexity index is 1360. The number of hydrogen-bond donors (Lipinski definition) is 0. The van der Waals surface area contributed by atoms with Gasteiger partial charge >= 0.3 is 6.18 Å². The van der Waals surface area contributed by atoms with Gasteiger partial charge in [-0.25, -0.2) is 23.7 Å². The van der Waals surface area contributed by atoms with Crippen molar-refractivity contribution in [3.63, 3.8) is 0 Å². The van der Waals surface area contributed by atoms with Crippen LogP contribution in [0.15, 0.2) is 41.1 Å². The number of likely N-dealkylation sites (tertiary alicyclic amines) is 1. The molecule has 1 saturated heterocycles. The highest BCUT2D eigenvalue weighted by atomic mass is 32.1. The van der Waals surface area contributed by atoms with E-state index in [0.717, 1.165) is 17.4 Å². The van der Waals surface area contributed by atoms with Gasteiger partial charge in [-0.15, -0.1) is 11.3 Å². The van der Waals surface area contributed by atoms with Gasteiger partial charge in [-0.2, -0.15) is 13.2 Å². The van der Waals surface area contributed by atoms with Crippen LogP contribution in [0.5, 0.6) is 5.88 Å². The molecule has 14 heteroatoms. The van der Waals surface area contributed by atoms with E-state index in [1.165, 1.54) is 28.4 Å². The molecule has 0 saturated carbocycles. The summed E-state index contributed by atoms with van der Waals surface area (Å²) in [5.41, 5.74) is 0.0325. The molecule has 1 radical (unpaired) electrons. The molecule has 3 aromatic rings. The predicted octanol–water partition coefficient (Wildman–Crippen LogP) is 5.34. The van der Waals surface area contributed by atoms with E-state index < -0.39 is 42.8 Å². The Morgan fingerprint density at radius 3 is 2.74 bits per heavy atom. The molecular weight excluding hydrogens is 545 g/mol. The molecule has 0 aliphatic carbocycles. The largest absolute Gasteiger partial charge is 0.466 e. The Morgan fingerprint density at radius 2 is 2.00 bits per heavy atom. The second-order valence-electron chi connectivity index (χ2n) is 8.90. The van der Waals surface area contributed by atoms with Crippen LogP contribution in [0.2, 0.25) is 0 Å². The Labute approximate surface area is 223 Å². The third kappa shape index (κ3) is 6.00. The standard InChI is InChI=1S/C25H21F5N5O3S/c26-22(27)16-4-2-1-3-15(16)19-11-17(34-38-19)18-13-39-24(33-18)14-5-9-35(10-6-14)20(36)12-37-23-21(25(28,29)30)31-7-8-32-23/h1-2,4,7-8,13-14,19,22H,5-6,9-12H2. The number of carbonyl (C=O) groups excluding carboxylic acids is 1. The van der Waals surface area contributed by atoms with Crippen LogP contribution >= 0.6 is 11.3 Å². The number of thiazole rings is 1. The summed E-state index contributed by atoms with van der Waals surface area (Å²) in [6.07, 6.45) is -4.58. The number of amides is 1. The molecule has 205 valence electrons. The van der Waals surface area contributed by atoms with Gasteiger partial charge in [0.1, 0.15) is 5.71 Å². The number of alkyl halides is 5. The summed E-state index contributed by atoms with van der Waals surface area (Å²) in [6, 6.07) is 7.24. The van der Waals surface area contributed by atoms with Crippen LogP contribution in [-0.2, 0) is 15.8 Å². The van der Waals surface area contributed by atoms with Crippen LogP contribution in [0.3, 0.4) is 0 Å². The summed E-state index contributed by atoms with van der Waals surface area (Å²) >= 11 is 1.44. The second-order valence-corrected chi connectivity index (χ2v) is 9.79. The smallest absolute Gasteiger partial charge is 0.438 e.